The second-order valence-electron chi connectivity index (χ2n) is 7.80. The standard InChI is InChI=1S/C24H19F4N2O/c1-13(2)14-7-9-17-21(10-14)30(20-5-3-4-18(22(17)20)23(29)31)12-15-6-8-16(11-19(15)25)24(26,27)28/h3-8,10-11,13H,12H2,1-2H3,(H2,29,31). The highest BCUT2D eigenvalue weighted by Gasteiger charge is 2.31. The van der Waals surface area contributed by atoms with Crippen LogP contribution in [-0.4, -0.2) is 10.5 Å². The number of hydrogen-bond donors (Lipinski definition) is 1. The number of aromatic nitrogens is 1. The Morgan fingerprint density at radius 1 is 1.13 bits per heavy atom. The first-order valence-electron chi connectivity index (χ1n) is 9.70. The first-order chi connectivity index (χ1) is 14.6. The number of hydrogen-bond acceptors (Lipinski definition) is 1. The molecule has 0 aliphatic heterocycles. The number of carbonyl (C=O) groups excluding carboxylic acids is 1. The van der Waals surface area contributed by atoms with Gasteiger partial charge in [0.1, 0.15) is 5.82 Å². The minimum atomic E-state index is -4.62. The number of halogens is 4. The molecule has 3 aromatic carbocycles. The van der Waals surface area contributed by atoms with Gasteiger partial charge in [0.15, 0.2) is 0 Å². The summed E-state index contributed by atoms with van der Waals surface area (Å²) in [6.07, 6.45) is -4.62. The van der Waals surface area contributed by atoms with E-state index in [0.29, 0.717) is 33.4 Å². The normalized spacial score (nSPS) is 12.2. The number of fused-ring (bicyclic) bond motifs is 3. The van der Waals surface area contributed by atoms with Gasteiger partial charge in [0.2, 0.25) is 5.91 Å². The summed E-state index contributed by atoms with van der Waals surface area (Å²) in [6, 6.07) is 14.6. The fourth-order valence-electron chi connectivity index (χ4n) is 3.80. The average Bonchev–Trinajstić information content (AvgIpc) is 3.01. The van der Waals surface area contributed by atoms with Crippen LogP contribution in [0.1, 0.15) is 46.8 Å². The van der Waals surface area contributed by atoms with E-state index in [0.717, 1.165) is 17.7 Å². The molecule has 1 amide bonds. The van der Waals surface area contributed by atoms with Gasteiger partial charge in [-0.2, -0.15) is 13.2 Å². The number of nitrogens with two attached hydrogens (primary N) is 1. The summed E-state index contributed by atoms with van der Waals surface area (Å²) in [5.41, 5.74) is 7.26. The number of amides is 1. The van der Waals surface area contributed by atoms with Crippen molar-refractivity contribution in [3.05, 3.63) is 82.7 Å². The molecule has 0 bridgehead atoms. The van der Waals surface area contributed by atoms with E-state index in [2.05, 4.69) is 6.07 Å². The monoisotopic (exact) mass is 427 g/mol. The summed E-state index contributed by atoms with van der Waals surface area (Å²) in [7, 11) is 0. The van der Waals surface area contributed by atoms with E-state index in [9.17, 15) is 22.4 Å². The molecule has 3 nitrogen and oxygen atoms in total. The van der Waals surface area contributed by atoms with E-state index >= 15 is 0 Å². The van der Waals surface area contributed by atoms with Gasteiger partial charge in [0.05, 0.1) is 23.1 Å². The van der Waals surface area contributed by atoms with E-state index in [-0.39, 0.29) is 18.0 Å². The molecule has 2 N–H and O–H groups in total. The first-order valence-corrected chi connectivity index (χ1v) is 9.70. The SMILES string of the molecule is CC(C)c1c[c]c2c3c(C(N)=O)cccc3n(Cc3ccc(C(F)(F)F)cc3F)c2c1. The summed E-state index contributed by atoms with van der Waals surface area (Å²) >= 11 is 0. The van der Waals surface area contributed by atoms with Crippen LogP contribution in [0.4, 0.5) is 17.6 Å². The maximum Gasteiger partial charge on any atom is 0.416 e. The van der Waals surface area contributed by atoms with E-state index < -0.39 is 23.5 Å². The Labute approximate surface area is 176 Å². The van der Waals surface area contributed by atoms with Gasteiger partial charge in [-0.25, -0.2) is 4.39 Å². The Bertz CT molecular complexity index is 1320. The van der Waals surface area contributed by atoms with Gasteiger partial charge in [0, 0.05) is 21.9 Å². The van der Waals surface area contributed by atoms with Gasteiger partial charge in [-0.05, 0) is 47.9 Å². The molecule has 1 radical (unpaired) electrons. The second-order valence-corrected chi connectivity index (χ2v) is 7.80. The Morgan fingerprint density at radius 3 is 2.48 bits per heavy atom. The fourth-order valence-corrected chi connectivity index (χ4v) is 3.80. The van der Waals surface area contributed by atoms with Crippen molar-refractivity contribution in [3.8, 4) is 0 Å². The number of benzene rings is 3. The summed E-state index contributed by atoms with van der Waals surface area (Å²) in [4.78, 5) is 12.0. The molecule has 4 aromatic rings. The van der Waals surface area contributed by atoms with Gasteiger partial charge in [-0.15, -0.1) is 0 Å². The van der Waals surface area contributed by atoms with Crippen LogP contribution in [0.25, 0.3) is 21.8 Å². The molecule has 7 heteroatoms. The van der Waals surface area contributed by atoms with Crippen LogP contribution in [0, 0.1) is 11.9 Å². The lowest BCUT2D eigenvalue weighted by Gasteiger charge is -2.12. The zero-order chi connectivity index (χ0) is 22.5. The third-order valence-electron chi connectivity index (χ3n) is 5.46. The van der Waals surface area contributed by atoms with Crippen LogP contribution in [0.5, 0.6) is 0 Å². The van der Waals surface area contributed by atoms with Gasteiger partial charge < -0.3 is 10.3 Å². The molecule has 31 heavy (non-hydrogen) atoms. The number of primary amides is 1. The molecule has 0 saturated carbocycles. The van der Waals surface area contributed by atoms with Crippen molar-refractivity contribution in [2.24, 2.45) is 5.73 Å². The Kier molecular flexibility index (Phi) is 5.00. The van der Waals surface area contributed by atoms with Crippen molar-refractivity contribution in [3.63, 3.8) is 0 Å². The summed E-state index contributed by atoms with van der Waals surface area (Å²) in [6.45, 7) is 4.03. The van der Waals surface area contributed by atoms with Crippen LogP contribution in [-0.2, 0) is 12.7 Å². The van der Waals surface area contributed by atoms with Crippen LogP contribution in [0.2, 0.25) is 0 Å². The van der Waals surface area contributed by atoms with Gasteiger partial charge >= 0.3 is 6.18 Å². The molecule has 0 fully saturated rings. The van der Waals surface area contributed by atoms with Gasteiger partial charge in [-0.3, -0.25) is 4.79 Å². The maximum absolute atomic E-state index is 14.6. The van der Waals surface area contributed by atoms with Crippen LogP contribution in [0.15, 0.2) is 48.5 Å². The molecule has 4 rings (SSSR count). The van der Waals surface area contributed by atoms with Crippen molar-refractivity contribution in [1.29, 1.82) is 0 Å². The van der Waals surface area contributed by atoms with E-state index in [1.165, 1.54) is 0 Å². The minimum absolute atomic E-state index is 0.0123. The summed E-state index contributed by atoms with van der Waals surface area (Å²) < 4.78 is 55.1. The van der Waals surface area contributed by atoms with Gasteiger partial charge in [0.25, 0.3) is 0 Å². The van der Waals surface area contributed by atoms with Crippen LogP contribution < -0.4 is 5.73 Å². The topological polar surface area (TPSA) is 48.0 Å². The van der Waals surface area contributed by atoms with E-state index in [4.69, 9.17) is 5.73 Å². The van der Waals surface area contributed by atoms with Crippen molar-refractivity contribution >= 4 is 27.7 Å². The highest BCUT2D eigenvalue weighted by atomic mass is 19.4. The minimum Gasteiger partial charge on any atom is -0.366 e. The number of alkyl halides is 3. The Morgan fingerprint density at radius 2 is 1.87 bits per heavy atom. The van der Waals surface area contributed by atoms with Crippen LogP contribution in [0.3, 0.4) is 0 Å². The average molecular weight is 427 g/mol. The largest absolute Gasteiger partial charge is 0.416 e. The predicted molar refractivity (Wildman–Crippen MR) is 111 cm³/mol. The predicted octanol–water partition coefficient (Wildman–Crippen LogP) is 6.02. The molecule has 0 spiro atoms. The third-order valence-corrected chi connectivity index (χ3v) is 5.46. The van der Waals surface area contributed by atoms with Crippen molar-refractivity contribution < 1.29 is 22.4 Å². The van der Waals surface area contributed by atoms with E-state index in [1.807, 2.05) is 26.0 Å². The maximum atomic E-state index is 14.6. The van der Waals surface area contributed by atoms with Gasteiger partial charge in [-0.1, -0.05) is 32.0 Å². The molecule has 0 saturated heterocycles. The molecule has 0 unspecified atom stereocenters. The van der Waals surface area contributed by atoms with E-state index in [1.54, 1.807) is 22.8 Å². The molecule has 0 atom stereocenters. The second kappa shape index (κ2) is 7.41. The number of carbonyl (C=O) groups is 1. The molecule has 159 valence electrons. The first kappa shape index (κ1) is 20.9. The molecule has 0 aliphatic rings. The highest BCUT2D eigenvalue weighted by molar-refractivity contribution is 6.17. The quantitative estimate of drug-likeness (QED) is 0.398. The molecule has 0 aliphatic carbocycles. The third kappa shape index (κ3) is 3.65. The molecule has 1 aromatic heterocycles. The lowest BCUT2D eigenvalue weighted by atomic mass is 10.00. The zero-order valence-corrected chi connectivity index (χ0v) is 16.8. The Balaban J connectivity index is 1.97. The number of nitrogens with zero attached hydrogens (tertiary/aromatic N) is 1. The fraction of sp³-hybridized carbons (Fsp3) is 0.208. The van der Waals surface area contributed by atoms with Crippen LogP contribution >= 0.6 is 0 Å². The lowest BCUT2D eigenvalue weighted by Crippen LogP contribution is -2.11. The summed E-state index contributed by atoms with van der Waals surface area (Å²) in [5, 5.41) is 1.24. The van der Waals surface area contributed by atoms with Crippen molar-refractivity contribution in [2.75, 3.05) is 0 Å². The Hall–Kier alpha value is -3.35. The highest BCUT2D eigenvalue weighted by Crippen LogP contribution is 2.35. The van der Waals surface area contributed by atoms with Crippen molar-refractivity contribution in [2.45, 2.75) is 32.5 Å². The summed E-state index contributed by atoms with van der Waals surface area (Å²) in [5.74, 6) is -1.35. The zero-order valence-electron chi connectivity index (χ0n) is 16.8. The molecular weight excluding hydrogens is 408 g/mol. The molecular formula is C24H19F4N2O. The smallest absolute Gasteiger partial charge is 0.366 e. The molecule has 1 heterocycles. The van der Waals surface area contributed by atoms with Crippen molar-refractivity contribution in [1.82, 2.24) is 4.57 Å². The number of rotatable bonds is 4. The lowest BCUT2D eigenvalue weighted by molar-refractivity contribution is -0.137.